The summed E-state index contributed by atoms with van der Waals surface area (Å²) in [5, 5.41) is 7.37. The van der Waals surface area contributed by atoms with Gasteiger partial charge in [-0.25, -0.2) is 0 Å². The molecule has 5 nitrogen and oxygen atoms in total. The van der Waals surface area contributed by atoms with Crippen LogP contribution in [-0.4, -0.2) is 30.4 Å². The molecule has 0 radical (unpaired) electrons. The van der Waals surface area contributed by atoms with E-state index >= 15 is 0 Å². The predicted molar refractivity (Wildman–Crippen MR) is 125 cm³/mol. The Morgan fingerprint density at radius 3 is 2.25 bits per heavy atom. The largest absolute Gasteiger partial charge is 0.352 e. The maximum atomic E-state index is 11.9. The number of guanidine groups is 1. The summed E-state index contributed by atoms with van der Waals surface area (Å²) in [6.45, 7) is 2.76. The summed E-state index contributed by atoms with van der Waals surface area (Å²) in [7, 11) is 1.75. The fourth-order valence-electron chi connectivity index (χ4n) is 3.18. The van der Waals surface area contributed by atoms with Crippen LogP contribution in [0.3, 0.4) is 0 Å². The van der Waals surface area contributed by atoms with Gasteiger partial charge in [-0.05, 0) is 29.2 Å². The van der Waals surface area contributed by atoms with Crippen LogP contribution in [0.25, 0.3) is 0 Å². The van der Waals surface area contributed by atoms with E-state index in [2.05, 4.69) is 27.8 Å². The Morgan fingerprint density at radius 2 is 1.64 bits per heavy atom. The van der Waals surface area contributed by atoms with E-state index in [-0.39, 0.29) is 29.9 Å². The van der Waals surface area contributed by atoms with Crippen LogP contribution in [0.5, 0.6) is 0 Å². The maximum absolute atomic E-state index is 11.9. The Kier molecular flexibility index (Phi) is 9.05. The molecule has 0 atom stereocenters. The molecule has 0 aliphatic carbocycles. The van der Waals surface area contributed by atoms with Crippen molar-refractivity contribution in [2.75, 3.05) is 13.6 Å². The first-order valence-corrected chi connectivity index (χ1v) is 9.57. The highest BCUT2D eigenvalue weighted by molar-refractivity contribution is 14.0. The first kappa shape index (κ1) is 22.5. The second-order valence-electron chi connectivity index (χ2n) is 6.56. The average Bonchev–Trinajstić information content (AvgIpc) is 3.09. The minimum Gasteiger partial charge on any atom is -0.352 e. The summed E-state index contributed by atoms with van der Waals surface area (Å²) in [5.74, 6) is 0.956. The zero-order valence-corrected chi connectivity index (χ0v) is 19.0. The average molecular weight is 513 g/mol. The van der Waals surface area contributed by atoms with Crippen molar-refractivity contribution >= 4 is 47.4 Å². The summed E-state index contributed by atoms with van der Waals surface area (Å²) < 4.78 is 0. The van der Waals surface area contributed by atoms with E-state index in [1.807, 2.05) is 41.3 Å². The molecule has 2 aromatic rings. The second kappa shape index (κ2) is 11.3. The maximum Gasteiger partial charge on any atom is 0.222 e. The van der Waals surface area contributed by atoms with E-state index < -0.39 is 0 Å². The number of halogens is 2. The molecule has 2 aromatic carbocycles. The molecule has 3 rings (SSSR count). The molecule has 0 bridgehead atoms. The topological polar surface area (TPSA) is 56.7 Å². The molecule has 150 valence electrons. The van der Waals surface area contributed by atoms with Gasteiger partial charge in [-0.2, -0.15) is 0 Å². The number of carbonyl (C=O) groups is 1. The first-order valence-electron chi connectivity index (χ1n) is 9.20. The lowest BCUT2D eigenvalue weighted by molar-refractivity contribution is -0.128. The summed E-state index contributed by atoms with van der Waals surface area (Å²) >= 11 is 6.20. The minimum absolute atomic E-state index is 0. The SMILES string of the molecule is CN=C(NCc1ccccc1Cl)NCc1ccccc1CN1CCCC1=O.I. The standard InChI is InChI=1S/C21H25ClN4O.HI/c1-23-21(25-14-17-8-4-5-10-19(17)22)24-13-16-7-2-3-9-18(16)15-26-12-6-11-20(26)27;/h2-5,7-10H,6,11-15H2,1H3,(H2,23,24,25);1H. The smallest absolute Gasteiger partial charge is 0.222 e. The Hall–Kier alpha value is -1.80. The Balaban J connectivity index is 0.00000280. The molecule has 0 saturated carbocycles. The number of hydrogen-bond donors (Lipinski definition) is 2. The van der Waals surface area contributed by atoms with Crippen LogP contribution in [0.1, 0.15) is 29.5 Å². The van der Waals surface area contributed by atoms with Gasteiger partial charge in [0, 0.05) is 44.7 Å². The highest BCUT2D eigenvalue weighted by Gasteiger charge is 2.20. The number of rotatable bonds is 6. The molecule has 7 heteroatoms. The van der Waals surface area contributed by atoms with Crippen molar-refractivity contribution in [3.63, 3.8) is 0 Å². The van der Waals surface area contributed by atoms with Crippen molar-refractivity contribution in [2.24, 2.45) is 4.99 Å². The third-order valence-corrected chi connectivity index (χ3v) is 5.09. The van der Waals surface area contributed by atoms with E-state index in [4.69, 9.17) is 11.6 Å². The molecule has 0 spiro atoms. The fraction of sp³-hybridized carbons (Fsp3) is 0.333. The Bertz CT molecular complexity index is 828. The number of amides is 1. The number of hydrogen-bond acceptors (Lipinski definition) is 2. The lowest BCUT2D eigenvalue weighted by Gasteiger charge is -2.19. The molecular weight excluding hydrogens is 487 g/mol. The third-order valence-electron chi connectivity index (χ3n) is 4.72. The van der Waals surface area contributed by atoms with Gasteiger partial charge in [0.2, 0.25) is 5.91 Å². The molecule has 28 heavy (non-hydrogen) atoms. The highest BCUT2D eigenvalue weighted by atomic mass is 127. The summed E-state index contributed by atoms with van der Waals surface area (Å²) in [4.78, 5) is 18.1. The molecule has 0 aromatic heterocycles. The molecule has 1 heterocycles. The highest BCUT2D eigenvalue weighted by Crippen LogP contribution is 2.17. The van der Waals surface area contributed by atoms with Crippen LogP contribution in [0, 0.1) is 0 Å². The summed E-state index contributed by atoms with van der Waals surface area (Å²) in [6, 6.07) is 16.0. The van der Waals surface area contributed by atoms with Gasteiger partial charge in [0.1, 0.15) is 0 Å². The van der Waals surface area contributed by atoms with Crippen LogP contribution in [0.15, 0.2) is 53.5 Å². The van der Waals surface area contributed by atoms with Crippen molar-refractivity contribution in [3.8, 4) is 0 Å². The van der Waals surface area contributed by atoms with Crippen molar-refractivity contribution in [2.45, 2.75) is 32.5 Å². The zero-order valence-electron chi connectivity index (χ0n) is 16.0. The van der Waals surface area contributed by atoms with Gasteiger partial charge in [0.25, 0.3) is 0 Å². The third kappa shape index (κ3) is 6.10. The molecule has 0 unspecified atom stereocenters. The quantitative estimate of drug-likeness (QED) is 0.350. The molecule has 1 saturated heterocycles. The molecule has 1 aliphatic rings. The molecule has 2 N–H and O–H groups in total. The number of likely N-dealkylation sites (tertiary alicyclic amines) is 1. The van der Waals surface area contributed by atoms with E-state index in [1.54, 1.807) is 7.05 Å². The molecule has 1 amide bonds. The monoisotopic (exact) mass is 512 g/mol. The van der Waals surface area contributed by atoms with Gasteiger partial charge in [0.15, 0.2) is 5.96 Å². The van der Waals surface area contributed by atoms with Gasteiger partial charge in [-0.15, -0.1) is 24.0 Å². The van der Waals surface area contributed by atoms with Crippen molar-refractivity contribution in [1.82, 2.24) is 15.5 Å². The van der Waals surface area contributed by atoms with Gasteiger partial charge in [-0.3, -0.25) is 9.79 Å². The summed E-state index contributed by atoms with van der Waals surface area (Å²) in [6.07, 6.45) is 1.62. The Morgan fingerprint density at radius 1 is 1.04 bits per heavy atom. The van der Waals surface area contributed by atoms with Crippen LogP contribution < -0.4 is 10.6 Å². The van der Waals surface area contributed by atoms with Gasteiger partial charge >= 0.3 is 0 Å². The van der Waals surface area contributed by atoms with Crippen molar-refractivity contribution in [1.29, 1.82) is 0 Å². The van der Waals surface area contributed by atoms with E-state index in [0.717, 1.165) is 29.1 Å². The normalized spacial score (nSPS) is 14.0. The van der Waals surface area contributed by atoms with E-state index in [9.17, 15) is 4.79 Å². The number of aliphatic imine (C=N–C) groups is 1. The zero-order chi connectivity index (χ0) is 19.1. The van der Waals surface area contributed by atoms with Crippen LogP contribution in [-0.2, 0) is 24.4 Å². The summed E-state index contributed by atoms with van der Waals surface area (Å²) in [5.41, 5.74) is 3.36. The predicted octanol–water partition coefficient (Wildman–Crippen LogP) is 3.95. The van der Waals surface area contributed by atoms with Crippen LogP contribution >= 0.6 is 35.6 Å². The van der Waals surface area contributed by atoms with Crippen molar-refractivity contribution < 1.29 is 4.79 Å². The minimum atomic E-state index is 0. The second-order valence-corrected chi connectivity index (χ2v) is 6.97. The lowest BCUT2D eigenvalue weighted by atomic mass is 10.1. The van der Waals surface area contributed by atoms with Gasteiger partial charge in [-0.1, -0.05) is 54.1 Å². The molecule has 1 aliphatic heterocycles. The van der Waals surface area contributed by atoms with E-state index in [1.165, 1.54) is 5.56 Å². The van der Waals surface area contributed by atoms with Crippen molar-refractivity contribution in [3.05, 3.63) is 70.2 Å². The number of benzene rings is 2. The number of nitrogens with zero attached hydrogens (tertiary/aromatic N) is 2. The fourth-order valence-corrected chi connectivity index (χ4v) is 3.38. The molecule has 1 fully saturated rings. The van der Waals surface area contributed by atoms with Crippen LogP contribution in [0.4, 0.5) is 0 Å². The van der Waals surface area contributed by atoms with Gasteiger partial charge in [0.05, 0.1) is 0 Å². The van der Waals surface area contributed by atoms with Gasteiger partial charge < -0.3 is 15.5 Å². The Labute approximate surface area is 188 Å². The first-order chi connectivity index (χ1) is 13.2. The molecular formula is C21H26ClIN4O. The number of carbonyl (C=O) groups excluding carboxylic acids is 1. The van der Waals surface area contributed by atoms with Crippen LogP contribution in [0.2, 0.25) is 5.02 Å². The number of nitrogens with one attached hydrogen (secondary N) is 2. The lowest BCUT2D eigenvalue weighted by Crippen LogP contribution is -2.36. The van der Waals surface area contributed by atoms with E-state index in [0.29, 0.717) is 32.0 Å².